The molecule has 0 aliphatic carbocycles. The normalized spacial score (nSPS) is 15.3. The summed E-state index contributed by atoms with van der Waals surface area (Å²) in [7, 11) is 3.20. The van der Waals surface area contributed by atoms with Crippen LogP contribution in [0.25, 0.3) is 0 Å². The minimum atomic E-state index is -0.300. The highest BCUT2D eigenvalue weighted by Crippen LogP contribution is 2.43. The van der Waals surface area contributed by atoms with Crippen LogP contribution in [0.1, 0.15) is 23.6 Å². The Labute approximate surface area is 163 Å². The standard InChI is InChI=1S/C19H25N5O4/c1-4-28-18(25)12-6-13-15(22-9-12)14(26-2)7-10(16(13)27-3)5-11-8-23-19(21)24-17(11)20/h7-8,12,22H,4-6,9H2,1-3H3,(H4,20,21,23,24). The van der Waals surface area contributed by atoms with Gasteiger partial charge in [0.15, 0.2) is 0 Å². The number of nitrogens with one attached hydrogen (secondary N) is 1. The minimum Gasteiger partial charge on any atom is -0.496 e. The largest absolute Gasteiger partial charge is 0.496 e. The topological polar surface area (TPSA) is 135 Å². The Morgan fingerprint density at radius 3 is 2.71 bits per heavy atom. The third-order valence-electron chi connectivity index (χ3n) is 4.74. The molecule has 150 valence electrons. The molecule has 0 saturated heterocycles. The summed E-state index contributed by atoms with van der Waals surface area (Å²) < 4.78 is 16.5. The van der Waals surface area contributed by atoms with E-state index in [0.29, 0.717) is 43.3 Å². The smallest absolute Gasteiger partial charge is 0.311 e. The summed E-state index contributed by atoms with van der Waals surface area (Å²) in [6, 6.07) is 1.89. The van der Waals surface area contributed by atoms with Crippen molar-refractivity contribution < 1.29 is 19.0 Å². The molecule has 1 aromatic carbocycles. The molecule has 9 heteroatoms. The molecular weight excluding hydrogens is 362 g/mol. The Balaban J connectivity index is 2.02. The molecule has 1 aliphatic rings. The van der Waals surface area contributed by atoms with E-state index in [9.17, 15) is 4.79 Å². The van der Waals surface area contributed by atoms with Crippen molar-refractivity contribution in [3.8, 4) is 11.5 Å². The van der Waals surface area contributed by atoms with Crippen LogP contribution in [0.15, 0.2) is 12.3 Å². The lowest BCUT2D eigenvalue weighted by Crippen LogP contribution is -2.32. The number of carbonyl (C=O) groups excluding carboxylic acids is 1. The summed E-state index contributed by atoms with van der Waals surface area (Å²) in [4.78, 5) is 20.3. The van der Waals surface area contributed by atoms with Crippen molar-refractivity contribution in [3.05, 3.63) is 29.0 Å². The van der Waals surface area contributed by atoms with Crippen LogP contribution >= 0.6 is 0 Å². The molecular formula is C19H25N5O4. The molecule has 0 radical (unpaired) electrons. The number of rotatable bonds is 6. The van der Waals surface area contributed by atoms with Gasteiger partial charge in [0.05, 0.1) is 32.4 Å². The van der Waals surface area contributed by atoms with E-state index >= 15 is 0 Å². The van der Waals surface area contributed by atoms with Gasteiger partial charge in [-0.2, -0.15) is 4.98 Å². The van der Waals surface area contributed by atoms with Crippen LogP contribution in [0.3, 0.4) is 0 Å². The van der Waals surface area contributed by atoms with Crippen LogP contribution in [0.4, 0.5) is 17.5 Å². The first-order valence-electron chi connectivity index (χ1n) is 9.02. The van der Waals surface area contributed by atoms with Gasteiger partial charge in [0.1, 0.15) is 17.3 Å². The van der Waals surface area contributed by atoms with E-state index in [2.05, 4.69) is 15.3 Å². The third-order valence-corrected chi connectivity index (χ3v) is 4.74. The van der Waals surface area contributed by atoms with E-state index in [1.165, 1.54) is 0 Å². The van der Waals surface area contributed by atoms with Crippen molar-refractivity contribution in [2.45, 2.75) is 19.8 Å². The molecule has 0 saturated carbocycles. The summed E-state index contributed by atoms with van der Waals surface area (Å²) >= 11 is 0. The molecule has 1 aliphatic heterocycles. The highest BCUT2D eigenvalue weighted by atomic mass is 16.5. The van der Waals surface area contributed by atoms with Crippen LogP contribution in [0.5, 0.6) is 11.5 Å². The van der Waals surface area contributed by atoms with Crippen molar-refractivity contribution in [1.29, 1.82) is 0 Å². The first-order chi connectivity index (χ1) is 13.5. The minimum absolute atomic E-state index is 0.123. The Kier molecular flexibility index (Phi) is 5.72. The predicted molar refractivity (Wildman–Crippen MR) is 106 cm³/mol. The van der Waals surface area contributed by atoms with Crippen LogP contribution in [0, 0.1) is 5.92 Å². The molecule has 0 fully saturated rings. The van der Waals surface area contributed by atoms with Gasteiger partial charge in [0.25, 0.3) is 0 Å². The molecule has 0 amide bonds. The maximum absolute atomic E-state index is 12.2. The number of aromatic nitrogens is 2. The van der Waals surface area contributed by atoms with Crippen molar-refractivity contribution in [3.63, 3.8) is 0 Å². The number of benzene rings is 1. The van der Waals surface area contributed by atoms with Gasteiger partial charge in [0, 0.05) is 35.9 Å². The van der Waals surface area contributed by atoms with Crippen molar-refractivity contribution in [1.82, 2.24) is 9.97 Å². The monoisotopic (exact) mass is 387 g/mol. The maximum atomic E-state index is 12.2. The lowest BCUT2D eigenvalue weighted by atomic mass is 9.90. The number of carbonyl (C=O) groups is 1. The fourth-order valence-corrected chi connectivity index (χ4v) is 3.43. The Morgan fingerprint density at radius 1 is 1.29 bits per heavy atom. The van der Waals surface area contributed by atoms with Crippen molar-refractivity contribution >= 4 is 23.4 Å². The number of nitrogens with two attached hydrogens (primary N) is 2. The number of hydrogen-bond acceptors (Lipinski definition) is 9. The number of nitrogen functional groups attached to an aromatic ring is 2. The van der Waals surface area contributed by atoms with Crippen molar-refractivity contribution in [2.75, 3.05) is 44.2 Å². The molecule has 5 N–H and O–H groups in total. The fourth-order valence-electron chi connectivity index (χ4n) is 3.43. The molecule has 0 spiro atoms. The zero-order valence-corrected chi connectivity index (χ0v) is 16.2. The summed E-state index contributed by atoms with van der Waals surface area (Å²) in [5.74, 6) is 1.25. The SMILES string of the molecule is CCOC(=O)C1CNc2c(OC)cc(Cc3cnc(N)nc3N)c(OC)c2C1. The second-order valence-corrected chi connectivity index (χ2v) is 6.47. The number of nitrogens with zero attached hydrogens (tertiary/aromatic N) is 2. The van der Waals surface area contributed by atoms with E-state index in [1.807, 2.05) is 6.07 Å². The van der Waals surface area contributed by atoms with Gasteiger partial charge in [0.2, 0.25) is 5.95 Å². The third kappa shape index (κ3) is 3.73. The van der Waals surface area contributed by atoms with Crippen LogP contribution < -0.4 is 26.3 Å². The van der Waals surface area contributed by atoms with Gasteiger partial charge in [-0.3, -0.25) is 4.79 Å². The van der Waals surface area contributed by atoms with Gasteiger partial charge >= 0.3 is 5.97 Å². The number of methoxy groups -OCH3 is 2. The van der Waals surface area contributed by atoms with Gasteiger partial charge in [-0.05, 0) is 19.4 Å². The highest BCUT2D eigenvalue weighted by molar-refractivity contribution is 5.78. The van der Waals surface area contributed by atoms with E-state index in [0.717, 1.165) is 22.4 Å². The molecule has 1 aromatic heterocycles. The van der Waals surface area contributed by atoms with Gasteiger partial charge in [-0.15, -0.1) is 0 Å². The fraction of sp³-hybridized carbons (Fsp3) is 0.421. The number of ether oxygens (including phenoxy) is 3. The molecule has 9 nitrogen and oxygen atoms in total. The molecule has 0 bridgehead atoms. The van der Waals surface area contributed by atoms with E-state index < -0.39 is 0 Å². The van der Waals surface area contributed by atoms with Gasteiger partial charge < -0.3 is 31.0 Å². The van der Waals surface area contributed by atoms with Crippen LogP contribution in [-0.2, 0) is 22.4 Å². The first kappa shape index (κ1) is 19.5. The molecule has 2 heterocycles. The molecule has 28 heavy (non-hydrogen) atoms. The van der Waals surface area contributed by atoms with E-state index in [4.69, 9.17) is 25.7 Å². The maximum Gasteiger partial charge on any atom is 0.311 e. The summed E-state index contributed by atoms with van der Waals surface area (Å²) in [6.45, 7) is 2.62. The zero-order valence-electron chi connectivity index (χ0n) is 16.2. The highest BCUT2D eigenvalue weighted by Gasteiger charge is 2.31. The number of anilines is 3. The second-order valence-electron chi connectivity index (χ2n) is 6.47. The summed E-state index contributed by atoms with van der Waals surface area (Å²) in [5, 5.41) is 3.28. The lowest BCUT2D eigenvalue weighted by Gasteiger charge is -2.29. The lowest BCUT2D eigenvalue weighted by molar-refractivity contribution is -0.147. The summed E-state index contributed by atoms with van der Waals surface area (Å²) in [6.07, 6.45) is 2.52. The van der Waals surface area contributed by atoms with Gasteiger partial charge in [-0.1, -0.05) is 0 Å². The average Bonchev–Trinajstić information content (AvgIpc) is 2.69. The zero-order chi connectivity index (χ0) is 20.3. The quantitative estimate of drug-likeness (QED) is 0.628. The van der Waals surface area contributed by atoms with Crippen LogP contribution in [-0.4, -0.2) is 43.3 Å². The molecule has 3 rings (SSSR count). The molecule has 1 unspecified atom stereocenters. The van der Waals surface area contributed by atoms with Gasteiger partial charge in [-0.25, -0.2) is 4.98 Å². The predicted octanol–water partition coefficient (Wildman–Crippen LogP) is 1.40. The number of hydrogen-bond donors (Lipinski definition) is 3. The first-order valence-corrected chi connectivity index (χ1v) is 9.02. The van der Waals surface area contributed by atoms with E-state index in [-0.39, 0.29) is 17.8 Å². The Morgan fingerprint density at radius 2 is 2.07 bits per heavy atom. The summed E-state index contributed by atoms with van der Waals surface area (Å²) in [5.41, 5.74) is 14.8. The number of fused-ring (bicyclic) bond motifs is 1. The number of esters is 1. The van der Waals surface area contributed by atoms with Crippen LogP contribution in [0.2, 0.25) is 0 Å². The average molecular weight is 387 g/mol. The molecule has 1 atom stereocenters. The Bertz CT molecular complexity index is 887. The Hall–Kier alpha value is -3.23. The molecule has 2 aromatic rings. The second kappa shape index (κ2) is 8.20. The van der Waals surface area contributed by atoms with Crippen molar-refractivity contribution in [2.24, 2.45) is 5.92 Å². The van der Waals surface area contributed by atoms with E-state index in [1.54, 1.807) is 27.3 Å².